The lowest BCUT2D eigenvalue weighted by molar-refractivity contribution is -0.137. The number of carbonyl (C=O) groups excluding carboxylic acids is 1. The number of para-hydroxylation sites is 1. The molecule has 2 aromatic rings. The summed E-state index contributed by atoms with van der Waals surface area (Å²) in [4.78, 5) is 13.9. The molecule has 0 aromatic heterocycles. The SMILES string of the molecule is Cc1ccccc1N1C(=O)CSC1c1ccc(C(F)(F)F)cc1. The summed E-state index contributed by atoms with van der Waals surface area (Å²) in [6, 6.07) is 12.5. The first-order chi connectivity index (χ1) is 10.9. The number of carbonyl (C=O) groups is 1. The van der Waals surface area contributed by atoms with Gasteiger partial charge in [-0.3, -0.25) is 9.69 Å². The Morgan fingerprint density at radius 3 is 2.35 bits per heavy atom. The Labute approximate surface area is 136 Å². The lowest BCUT2D eigenvalue weighted by Gasteiger charge is -2.26. The highest BCUT2D eigenvalue weighted by Crippen LogP contribution is 2.43. The summed E-state index contributed by atoms with van der Waals surface area (Å²) in [5, 5.41) is -0.300. The topological polar surface area (TPSA) is 20.3 Å². The molecule has 0 saturated carbocycles. The molecule has 2 nitrogen and oxygen atoms in total. The Morgan fingerprint density at radius 2 is 1.74 bits per heavy atom. The average molecular weight is 337 g/mol. The van der Waals surface area contributed by atoms with Gasteiger partial charge < -0.3 is 0 Å². The van der Waals surface area contributed by atoms with E-state index in [0.717, 1.165) is 23.4 Å². The van der Waals surface area contributed by atoms with Crippen LogP contribution in [0.15, 0.2) is 48.5 Å². The molecule has 23 heavy (non-hydrogen) atoms. The van der Waals surface area contributed by atoms with Crippen molar-refractivity contribution in [2.75, 3.05) is 10.7 Å². The van der Waals surface area contributed by atoms with Gasteiger partial charge in [0.2, 0.25) is 5.91 Å². The fourth-order valence-corrected chi connectivity index (χ4v) is 3.77. The number of halogens is 3. The van der Waals surface area contributed by atoms with Crippen molar-refractivity contribution in [2.45, 2.75) is 18.5 Å². The van der Waals surface area contributed by atoms with Gasteiger partial charge in [-0.25, -0.2) is 0 Å². The van der Waals surface area contributed by atoms with Crippen LogP contribution in [0.25, 0.3) is 0 Å². The Hall–Kier alpha value is -1.95. The molecule has 0 bridgehead atoms. The molecule has 1 aliphatic rings. The summed E-state index contributed by atoms with van der Waals surface area (Å²) in [5.41, 5.74) is 1.77. The summed E-state index contributed by atoms with van der Waals surface area (Å²) in [6.45, 7) is 1.91. The van der Waals surface area contributed by atoms with Gasteiger partial charge in [-0.1, -0.05) is 30.3 Å². The van der Waals surface area contributed by atoms with Gasteiger partial charge in [0.25, 0.3) is 0 Å². The van der Waals surface area contributed by atoms with Crippen molar-refractivity contribution < 1.29 is 18.0 Å². The van der Waals surface area contributed by atoms with E-state index in [-0.39, 0.29) is 11.3 Å². The molecule has 3 rings (SSSR count). The van der Waals surface area contributed by atoms with Crippen molar-refractivity contribution in [3.8, 4) is 0 Å². The summed E-state index contributed by atoms with van der Waals surface area (Å²) in [6.07, 6.45) is -4.35. The van der Waals surface area contributed by atoms with Gasteiger partial charge in [0.05, 0.1) is 11.3 Å². The Bertz CT molecular complexity index is 727. The molecular weight excluding hydrogens is 323 g/mol. The smallest absolute Gasteiger partial charge is 0.295 e. The van der Waals surface area contributed by atoms with Crippen LogP contribution in [0.2, 0.25) is 0 Å². The second-order valence-electron chi connectivity index (χ2n) is 5.33. The van der Waals surface area contributed by atoms with Gasteiger partial charge in [-0.2, -0.15) is 13.2 Å². The molecule has 1 unspecified atom stereocenters. The molecule has 1 saturated heterocycles. The molecule has 1 aliphatic heterocycles. The summed E-state index contributed by atoms with van der Waals surface area (Å²) >= 11 is 1.42. The molecular formula is C17H14F3NOS. The number of thioether (sulfide) groups is 1. The fraction of sp³-hybridized carbons (Fsp3) is 0.235. The minimum absolute atomic E-state index is 0.0332. The van der Waals surface area contributed by atoms with Crippen LogP contribution in [-0.4, -0.2) is 11.7 Å². The summed E-state index contributed by atoms with van der Waals surface area (Å²) < 4.78 is 38.1. The maximum Gasteiger partial charge on any atom is 0.416 e. The molecule has 0 N–H and O–H groups in total. The standard InChI is InChI=1S/C17H14F3NOS/c1-11-4-2-3-5-14(11)21-15(22)10-23-16(21)12-6-8-13(9-7-12)17(18,19)20/h2-9,16H,10H2,1H3. The maximum atomic E-state index is 12.7. The zero-order chi connectivity index (χ0) is 16.6. The van der Waals surface area contributed by atoms with Gasteiger partial charge in [-0.05, 0) is 36.2 Å². The van der Waals surface area contributed by atoms with Crippen molar-refractivity contribution in [2.24, 2.45) is 0 Å². The summed E-state index contributed by atoms with van der Waals surface area (Å²) in [7, 11) is 0. The van der Waals surface area contributed by atoms with Crippen LogP contribution < -0.4 is 4.90 Å². The predicted molar refractivity (Wildman–Crippen MR) is 85.3 cm³/mol. The van der Waals surface area contributed by atoms with Gasteiger partial charge in [-0.15, -0.1) is 11.8 Å². The minimum atomic E-state index is -4.35. The highest BCUT2D eigenvalue weighted by Gasteiger charge is 2.35. The van der Waals surface area contributed by atoms with Crippen LogP contribution in [0, 0.1) is 6.92 Å². The van der Waals surface area contributed by atoms with Gasteiger partial charge in [0.15, 0.2) is 0 Å². The van der Waals surface area contributed by atoms with E-state index in [2.05, 4.69) is 0 Å². The van der Waals surface area contributed by atoms with Gasteiger partial charge in [0.1, 0.15) is 5.37 Å². The number of hydrogen-bond donors (Lipinski definition) is 0. The lowest BCUT2D eigenvalue weighted by atomic mass is 10.1. The Balaban J connectivity index is 1.95. The number of anilines is 1. The number of benzene rings is 2. The number of alkyl halides is 3. The van der Waals surface area contributed by atoms with E-state index in [1.165, 1.54) is 23.9 Å². The molecule has 6 heteroatoms. The van der Waals surface area contributed by atoms with Crippen molar-refractivity contribution in [3.05, 3.63) is 65.2 Å². The molecule has 0 spiro atoms. The van der Waals surface area contributed by atoms with E-state index < -0.39 is 11.7 Å². The monoisotopic (exact) mass is 337 g/mol. The number of hydrogen-bond acceptors (Lipinski definition) is 2. The third kappa shape index (κ3) is 3.08. The average Bonchev–Trinajstić information content (AvgIpc) is 2.89. The normalized spacial score (nSPS) is 18.5. The number of amides is 1. The van der Waals surface area contributed by atoms with Crippen molar-refractivity contribution in [1.29, 1.82) is 0 Å². The predicted octanol–water partition coefficient (Wildman–Crippen LogP) is 4.79. The quantitative estimate of drug-likeness (QED) is 0.785. The largest absolute Gasteiger partial charge is 0.416 e. The highest BCUT2D eigenvalue weighted by molar-refractivity contribution is 8.00. The van der Waals surface area contributed by atoms with Gasteiger partial charge >= 0.3 is 6.18 Å². The zero-order valence-corrected chi connectivity index (χ0v) is 13.1. The van der Waals surface area contributed by atoms with E-state index in [9.17, 15) is 18.0 Å². The van der Waals surface area contributed by atoms with E-state index in [4.69, 9.17) is 0 Å². The molecule has 2 aromatic carbocycles. The van der Waals surface area contributed by atoms with Gasteiger partial charge in [0, 0.05) is 5.69 Å². The third-order valence-corrected chi connectivity index (χ3v) is 4.98. The minimum Gasteiger partial charge on any atom is -0.295 e. The molecule has 1 amide bonds. The number of aryl methyl sites for hydroxylation is 1. The van der Waals surface area contributed by atoms with E-state index in [1.807, 2.05) is 31.2 Å². The highest BCUT2D eigenvalue weighted by atomic mass is 32.2. The maximum absolute atomic E-state index is 12.7. The van der Waals surface area contributed by atoms with Crippen LogP contribution in [0.4, 0.5) is 18.9 Å². The first-order valence-electron chi connectivity index (χ1n) is 7.04. The van der Waals surface area contributed by atoms with Crippen molar-refractivity contribution >= 4 is 23.4 Å². The van der Waals surface area contributed by atoms with Crippen molar-refractivity contribution in [3.63, 3.8) is 0 Å². The first-order valence-corrected chi connectivity index (χ1v) is 8.09. The van der Waals surface area contributed by atoms with Crippen LogP contribution in [0.5, 0.6) is 0 Å². The second kappa shape index (κ2) is 5.92. The first kappa shape index (κ1) is 15.9. The van der Waals surface area contributed by atoms with Crippen LogP contribution in [-0.2, 0) is 11.0 Å². The molecule has 0 aliphatic carbocycles. The molecule has 1 atom stereocenters. The lowest BCUT2D eigenvalue weighted by Crippen LogP contribution is -2.28. The van der Waals surface area contributed by atoms with Crippen molar-refractivity contribution in [1.82, 2.24) is 0 Å². The fourth-order valence-electron chi connectivity index (χ4n) is 2.60. The second-order valence-corrected chi connectivity index (χ2v) is 6.40. The van der Waals surface area contributed by atoms with Crippen LogP contribution >= 0.6 is 11.8 Å². The number of nitrogens with zero attached hydrogens (tertiary/aromatic N) is 1. The number of rotatable bonds is 2. The Kier molecular flexibility index (Phi) is 4.10. The molecule has 1 fully saturated rings. The van der Waals surface area contributed by atoms with E-state index >= 15 is 0 Å². The Morgan fingerprint density at radius 1 is 1.09 bits per heavy atom. The van der Waals surface area contributed by atoms with Crippen LogP contribution in [0.3, 0.4) is 0 Å². The van der Waals surface area contributed by atoms with E-state index in [0.29, 0.717) is 11.3 Å². The zero-order valence-electron chi connectivity index (χ0n) is 12.3. The third-order valence-electron chi connectivity index (χ3n) is 3.77. The summed E-state index contributed by atoms with van der Waals surface area (Å²) in [5.74, 6) is 0.286. The molecule has 0 radical (unpaired) electrons. The van der Waals surface area contributed by atoms with E-state index in [1.54, 1.807) is 4.90 Å². The molecule has 120 valence electrons. The molecule has 1 heterocycles. The van der Waals surface area contributed by atoms with Crippen LogP contribution in [0.1, 0.15) is 22.1 Å².